The van der Waals surface area contributed by atoms with Gasteiger partial charge in [-0.2, -0.15) is 4.98 Å². The second kappa shape index (κ2) is 9.47. The lowest BCUT2D eigenvalue weighted by Gasteiger charge is -2.22. The molecule has 2 aromatic carbocycles. The maximum atomic E-state index is 5.85. The smallest absolute Gasteiger partial charge is 0.298 e. The minimum atomic E-state index is 0.625. The Bertz CT molecular complexity index is 921. The molecule has 0 unspecified atom stereocenters. The third-order valence-electron chi connectivity index (χ3n) is 4.60. The van der Waals surface area contributed by atoms with Crippen molar-refractivity contribution in [2.45, 2.75) is 19.6 Å². The normalized spacial score (nSPS) is 11.0. The van der Waals surface area contributed by atoms with Crippen LogP contribution in [0.15, 0.2) is 59.2 Å². The Morgan fingerprint density at radius 3 is 2.24 bits per heavy atom. The molecular weight excluding hydrogens is 364 g/mol. The molecule has 6 heteroatoms. The third-order valence-corrected chi connectivity index (χ3v) is 4.60. The molecule has 6 nitrogen and oxygen atoms in total. The van der Waals surface area contributed by atoms with E-state index in [2.05, 4.69) is 59.1 Å². The maximum absolute atomic E-state index is 5.85. The molecule has 29 heavy (non-hydrogen) atoms. The summed E-state index contributed by atoms with van der Waals surface area (Å²) in [7, 11) is 9.83. The number of oxazole rings is 1. The molecule has 0 amide bonds. The number of aromatic nitrogens is 1. The highest BCUT2D eigenvalue weighted by Gasteiger charge is 2.16. The predicted octanol–water partition coefficient (Wildman–Crippen LogP) is 4.02. The van der Waals surface area contributed by atoms with Crippen molar-refractivity contribution >= 4 is 11.7 Å². The predicted molar refractivity (Wildman–Crippen MR) is 118 cm³/mol. The molecule has 0 fully saturated rings. The SMILES string of the molecule is COc1cccc(CN(Cc2cccc(N(C)C)c2)c2nc(CN(C)C)co2)c1. The average molecular weight is 395 g/mol. The summed E-state index contributed by atoms with van der Waals surface area (Å²) in [6.07, 6.45) is 1.74. The van der Waals surface area contributed by atoms with Crippen molar-refractivity contribution in [3.8, 4) is 5.75 Å². The van der Waals surface area contributed by atoms with E-state index in [1.54, 1.807) is 13.4 Å². The van der Waals surface area contributed by atoms with Gasteiger partial charge in [0, 0.05) is 39.4 Å². The Balaban J connectivity index is 1.88. The summed E-state index contributed by atoms with van der Waals surface area (Å²) >= 11 is 0. The number of methoxy groups -OCH3 is 1. The van der Waals surface area contributed by atoms with Gasteiger partial charge in [-0.1, -0.05) is 24.3 Å². The molecule has 0 bridgehead atoms. The molecular formula is C23H30N4O2. The van der Waals surface area contributed by atoms with E-state index < -0.39 is 0 Å². The lowest BCUT2D eigenvalue weighted by atomic mass is 10.1. The number of rotatable bonds is 9. The van der Waals surface area contributed by atoms with Gasteiger partial charge in [-0.15, -0.1) is 0 Å². The number of benzene rings is 2. The first-order valence-electron chi connectivity index (χ1n) is 9.68. The van der Waals surface area contributed by atoms with Crippen molar-refractivity contribution in [3.05, 3.63) is 71.6 Å². The van der Waals surface area contributed by atoms with E-state index >= 15 is 0 Å². The summed E-state index contributed by atoms with van der Waals surface area (Å²) in [5, 5.41) is 0. The zero-order valence-corrected chi connectivity index (χ0v) is 17.9. The first kappa shape index (κ1) is 20.7. The van der Waals surface area contributed by atoms with Crippen molar-refractivity contribution in [1.29, 1.82) is 0 Å². The lowest BCUT2D eigenvalue weighted by Crippen LogP contribution is -2.23. The van der Waals surface area contributed by atoms with Crippen LogP contribution in [0.1, 0.15) is 16.8 Å². The van der Waals surface area contributed by atoms with Crippen LogP contribution in [0, 0.1) is 0 Å². The van der Waals surface area contributed by atoms with Gasteiger partial charge in [-0.3, -0.25) is 0 Å². The second-order valence-electron chi connectivity index (χ2n) is 7.63. The molecule has 154 valence electrons. The second-order valence-corrected chi connectivity index (χ2v) is 7.63. The van der Waals surface area contributed by atoms with Crippen LogP contribution in [-0.2, 0) is 19.6 Å². The van der Waals surface area contributed by atoms with Crippen LogP contribution in [0.25, 0.3) is 0 Å². The van der Waals surface area contributed by atoms with Crippen LogP contribution in [-0.4, -0.2) is 45.2 Å². The zero-order chi connectivity index (χ0) is 20.8. The topological polar surface area (TPSA) is 45.0 Å². The summed E-state index contributed by atoms with van der Waals surface area (Å²) in [5.41, 5.74) is 4.43. The Hall–Kier alpha value is -2.99. The van der Waals surface area contributed by atoms with Gasteiger partial charge in [-0.25, -0.2) is 0 Å². The Kier molecular flexibility index (Phi) is 6.77. The number of hydrogen-bond donors (Lipinski definition) is 0. The van der Waals surface area contributed by atoms with Crippen LogP contribution in [0.3, 0.4) is 0 Å². The van der Waals surface area contributed by atoms with E-state index in [1.165, 1.54) is 11.3 Å². The average Bonchev–Trinajstić information content (AvgIpc) is 3.15. The molecule has 3 rings (SSSR count). The van der Waals surface area contributed by atoms with Gasteiger partial charge in [0.15, 0.2) is 0 Å². The minimum Gasteiger partial charge on any atom is -0.497 e. The summed E-state index contributed by atoms with van der Waals surface area (Å²) in [5.74, 6) is 0.845. The highest BCUT2D eigenvalue weighted by atomic mass is 16.5. The molecule has 0 aliphatic heterocycles. The lowest BCUT2D eigenvalue weighted by molar-refractivity contribution is 0.396. The number of nitrogens with zero attached hydrogens (tertiary/aromatic N) is 4. The quantitative estimate of drug-likeness (QED) is 0.546. The number of anilines is 2. The molecule has 1 aromatic heterocycles. The fourth-order valence-electron chi connectivity index (χ4n) is 3.17. The maximum Gasteiger partial charge on any atom is 0.298 e. The summed E-state index contributed by atoms with van der Waals surface area (Å²) in [4.78, 5) is 11.1. The molecule has 0 saturated carbocycles. The van der Waals surface area contributed by atoms with E-state index in [0.717, 1.165) is 23.6 Å². The largest absolute Gasteiger partial charge is 0.497 e. The molecule has 0 aliphatic carbocycles. The minimum absolute atomic E-state index is 0.625. The van der Waals surface area contributed by atoms with E-state index in [4.69, 9.17) is 14.1 Å². The summed E-state index contributed by atoms with van der Waals surface area (Å²) in [6, 6.07) is 17.2. The van der Waals surface area contributed by atoms with Crippen LogP contribution >= 0.6 is 0 Å². The molecule has 0 radical (unpaired) electrons. The molecule has 0 saturated heterocycles. The summed E-state index contributed by atoms with van der Waals surface area (Å²) < 4.78 is 11.2. The Morgan fingerprint density at radius 1 is 0.897 bits per heavy atom. The van der Waals surface area contributed by atoms with Gasteiger partial charge >= 0.3 is 0 Å². The fourth-order valence-corrected chi connectivity index (χ4v) is 3.17. The van der Waals surface area contributed by atoms with Crippen molar-refractivity contribution in [3.63, 3.8) is 0 Å². The highest BCUT2D eigenvalue weighted by molar-refractivity contribution is 5.48. The van der Waals surface area contributed by atoms with Crippen molar-refractivity contribution in [2.75, 3.05) is 45.1 Å². The first-order valence-corrected chi connectivity index (χ1v) is 9.68. The van der Waals surface area contributed by atoms with Crippen molar-refractivity contribution in [1.82, 2.24) is 9.88 Å². The van der Waals surface area contributed by atoms with Gasteiger partial charge in [0.1, 0.15) is 12.0 Å². The van der Waals surface area contributed by atoms with E-state index in [0.29, 0.717) is 19.1 Å². The van der Waals surface area contributed by atoms with Gasteiger partial charge in [0.2, 0.25) is 0 Å². The molecule has 0 spiro atoms. The fraction of sp³-hybridized carbons (Fsp3) is 0.348. The Morgan fingerprint density at radius 2 is 1.59 bits per heavy atom. The number of ether oxygens (including phenoxy) is 1. The monoisotopic (exact) mass is 394 g/mol. The Labute approximate surface area is 173 Å². The van der Waals surface area contributed by atoms with Gasteiger partial charge in [0.05, 0.1) is 12.8 Å². The summed E-state index contributed by atoms with van der Waals surface area (Å²) in [6.45, 7) is 2.11. The number of hydrogen-bond acceptors (Lipinski definition) is 6. The molecule has 1 heterocycles. The third kappa shape index (κ3) is 5.74. The van der Waals surface area contributed by atoms with Crippen LogP contribution < -0.4 is 14.5 Å². The van der Waals surface area contributed by atoms with E-state index in [9.17, 15) is 0 Å². The van der Waals surface area contributed by atoms with Gasteiger partial charge in [-0.05, 0) is 49.5 Å². The van der Waals surface area contributed by atoms with Gasteiger partial charge < -0.3 is 23.9 Å². The highest BCUT2D eigenvalue weighted by Crippen LogP contribution is 2.23. The zero-order valence-electron chi connectivity index (χ0n) is 17.9. The van der Waals surface area contributed by atoms with Crippen molar-refractivity contribution in [2.24, 2.45) is 0 Å². The van der Waals surface area contributed by atoms with E-state index in [-0.39, 0.29) is 0 Å². The molecule has 0 aliphatic rings. The van der Waals surface area contributed by atoms with Crippen LogP contribution in [0.4, 0.5) is 11.7 Å². The molecule has 3 aromatic rings. The van der Waals surface area contributed by atoms with Crippen LogP contribution in [0.5, 0.6) is 5.75 Å². The first-order chi connectivity index (χ1) is 13.9. The standard InChI is InChI=1S/C23H30N4O2/c1-25(2)16-20-17-29-23(24-20)27(15-19-9-7-11-22(13-19)28-5)14-18-8-6-10-21(12-18)26(3)4/h6-13,17H,14-16H2,1-5H3. The molecule has 0 N–H and O–H groups in total. The van der Waals surface area contributed by atoms with Crippen LogP contribution in [0.2, 0.25) is 0 Å². The molecule has 0 atom stereocenters. The van der Waals surface area contributed by atoms with Gasteiger partial charge in [0.25, 0.3) is 6.01 Å². The van der Waals surface area contributed by atoms with E-state index in [1.807, 2.05) is 32.3 Å². The van der Waals surface area contributed by atoms with Crippen molar-refractivity contribution < 1.29 is 9.15 Å².